The Balaban J connectivity index is 1.64. The Morgan fingerprint density at radius 1 is 0.784 bits per heavy atom. The zero-order valence-corrected chi connectivity index (χ0v) is 20.9. The second kappa shape index (κ2) is 11.5. The van der Waals surface area contributed by atoms with Crippen LogP contribution in [0.1, 0.15) is 32.8 Å². The van der Waals surface area contributed by atoms with Crippen LogP contribution in [0.4, 0.5) is 9.59 Å². The number of rotatable bonds is 10. The minimum absolute atomic E-state index is 0.0386. The molecule has 2 saturated heterocycles. The van der Waals surface area contributed by atoms with Gasteiger partial charge in [0.15, 0.2) is 0 Å². The van der Waals surface area contributed by atoms with E-state index in [2.05, 4.69) is 0 Å². The van der Waals surface area contributed by atoms with E-state index in [1.807, 2.05) is 18.2 Å². The Bertz CT molecular complexity index is 948. The fourth-order valence-corrected chi connectivity index (χ4v) is 3.38. The summed E-state index contributed by atoms with van der Waals surface area (Å²) in [6.07, 6.45) is -2.01. The molecule has 2 aliphatic heterocycles. The molecule has 0 aromatic heterocycles. The van der Waals surface area contributed by atoms with Crippen molar-refractivity contribution in [2.75, 3.05) is 39.6 Å². The van der Waals surface area contributed by atoms with Crippen LogP contribution in [0.3, 0.4) is 0 Å². The Kier molecular flexibility index (Phi) is 8.61. The number of esters is 3. The molecule has 2 fully saturated rings. The van der Waals surface area contributed by atoms with Gasteiger partial charge in [0.25, 0.3) is 0 Å². The normalized spacial score (nSPS) is 18.2. The van der Waals surface area contributed by atoms with E-state index in [-0.39, 0.29) is 52.7 Å². The van der Waals surface area contributed by atoms with E-state index in [1.165, 1.54) is 13.8 Å². The van der Waals surface area contributed by atoms with E-state index < -0.39 is 46.5 Å². The van der Waals surface area contributed by atoms with Gasteiger partial charge in [-0.25, -0.2) is 9.59 Å². The van der Waals surface area contributed by atoms with Crippen LogP contribution in [0.25, 0.3) is 0 Å². The van der Waals surface area contributed by atoms with Gasteiger partial charge in [0, 0.05) is 5.41 Å². The van der Waals surface area contributed by atoms with Crippen molar-refractivity contribution < 1.29 is 57.1 Å². The molecule has 0 saturated carbocycles. The van der Waals surface area contributed by atoms with Crippen molar-refractivity contribution in [2.45, 2.75) is 33.8 Å². The predicted molar refractivity (Wildman–Crippen MR) is 122 cm³/mol. The Morgan fingerprint density at radius 2 is 1.22 bits per heavy atom. The first-order valence-corrected chi connectivity index (χ1v) is 11.6. The fourth-order valence-electron chi connectivity index (χ4n) is 3.38. The summed E-state index contributed by atoms with van der Waals surface area (Å²) < 4.78 is 35.5. The Labute approximate surface area is 213 Å². The molecule has 2 heterocycles. The van der Waals surface area contributed by atoms with Crippen LogP contribution >= 0.6 is 0 Å². The number of cyclic esters (lactones) is 4. The third-order valence-electron chi connectivity index (χ3n) is 5.94. The van der Waals surface area contributed by atoms with Gasteiger partial charge >= 0.3 is 30.2 Å². The van der Waals surface area contributed by atoms with Gasteiger partial charge in [-0.3, -0.25) is 14.4 Å². The summed E-state index contributed by atoms with van der Waals surface area (Å²) in [4.78, 5) is 60.5. The largest absolute Gasteiger partial charge is 0.508 e. The summed E-state index contributed by atoms with van der Waals surface area (Å²) in [6, 6.07) is 9.06. The van der Waals surface area contributed by atoms with E-state index in [1.54, 1.807) is 19.1 Å². The van der Waals surface area contributed by atoms with Crippen molar-refractivity contribution in [3.05, 3.63) is 35.9 Å². The topological polar surface area (TPSA) is 150 Å². The lowest BCUT2D eigenvalue weighted by atomic mass is 9.87. The second-order valence-corrected chi connectivity index (χ2v) is 10.1. The summed E-state index contributed by atoms with van der Waals surface area (Å²) in [7, 11) is 0. The second-order valence-electron chi connectivity index (χ2n) is 10.1. The SMILES string of the molecule is CC(COC(=O)C1(C)COC(=O)OC1)(COC(=O)C1(C)COC(=O)OC1)CC(=O)OCc1ccccc1. The minimum Gasteiger partial charge on any atom is -0.464 e. The average Bonchev–Trinajstić information content (AvgIpc) is 2.89. The van der Waals surface area contributed by atoms with Gasteiger partial charge < -0.3 is 33.2 Å². The first-order chi connectivity index (χ1) is 17.4. The molecule has 0 N–H and O–H groups in total. The van der Waals surface area contributed by atoms with Crippen LogP contribution in [-0.2, 0) is 54.1 Å². The van der Waals surface area contributed by atoms with Crippen LogP contribution in [0, 0.1) is 16.2 Å². The van der Waals surface area contributed by atoms with E-state index >= 15 is 0 Å². The highest BCUT2D eigenvalue weighted by Crippen LogP contribution is 2.30. The maximum absolute atomic E-state index is 12.8. The molecule has 0 spiro atoms. The van der Waals surface area contributed by atoms with Crippen molar-refractivity contribution in [1.82, 2.24) is 0 Å². The van der Waals surface area contributed by atoms with Crippen molar-refractivity contribution in [3.63, 3.8) is 0 Å². The standard InChI is InChI=1S/C25H30O12/c1-23(9-18(26)31-10-17-7-5-4-6-8-17,11-32-19(27)24(2)13-34-21(29)35-14-24)12-33-20(28)25(3)15-36-22(30)37-16-25/h4-8H,9-16H2,1-3H3. The lowest BCUT2D eigenvalue weighted by Gasteiger charge is -2.34. The van der Waals surface area contributed by atoms with E-state index in [4.69, 9.17) is 33.2 Å². The number of carbonyl (C=O) groups excluding carboxylic acids is 5. The Morgan fingerprint density at radius 3 is 1.65 bits per heavy atom. The highest BCUT2D eigenvalue weighted by atomic mass is 16.7. The smallest absolute Gasteiger partial charge is 0.464 e. The lowest BCUT2D eigenvalue weighted by molar-refractivity contribution is -0.178. The molecule has 0 aliphatic carbocycles. The highest BCUT2D eigenvalue weighted by Gasteiger charge is 2.45. The summed E-state index contributed by atoms with van der Waals surface area (Å²) in [6.45, 7) is 3.11. The molecule has 37 heavy (non-hydrogen) atoms. The number of carbonyl (C=O) groups is 5. The highest BCUT2D eigenvalue weighted by molar-refractivity contribution is 5.79. The zero-order valence-electron chi connectivity index (χ0n) is 20.9. The van der Waals surface area contributed by atoms with Gasteiger partial charge in [-0.2, -0.15) is 0 Å². The maximum Gasteiger partial charge on any atom is 0.508 e. The molecule has 0 atom stereocenters. The van der Waals surface area contributed by atoms with Crippen LogP contribution in [-0.4, -0.2) is 69.9 Å². The lowest BCUT2D eigenvalue weighted by Crippen LogP contribution is -2.47. The molecule has 1 aromatic rings. The van der Waals surface area contributed by atoms with Crippen molar-refractivity contribution in [1.29, 1.82) is 0 Å². The molecule has 2 aliphatic rings. The minimum atomic E-state index is -1.24. The van der Waals surface area contributed by atoms with Crippen LogP contribution in [0.2, 0.25) is 0 Å². The van der Waals surface area contributed by atoms with Crippen molar-refractivity contribution in [3.8, 4) is 0 Å². The molecule has 1 aromatic carbocycles. The zero-order chi connectivity index (χ0) is 27.1. The van der Waals surface area contributed by atoms with Gasteiger partial charge in [0.05, 0.1) is 6.42 Å². The first kappa shape index (κ1) is 27.8. The average molecular weight is 523 g/mol. The van der Waals surface area contributed by atoms with Gasteiger partial charge in [0.1, 0.15) is 57.1 Å². The van der Waals surface area contributed by atoms with E-state index in [0.717, 1.165) is 5.56 Å². The van der Waals surface area contributed by atoms with Crippen LogP contribution < -0.4 is 0 Å². The number of benzene rings is 1. The molecular formula is C25H30O12. The number of hydrogen-bond acceptors (Lipinski definition) is 12. The van der Waals surface area contributed by atoms with Gasteiger partial charge in [-0.1, -0.05) is 37.3 Å². The van der Waals surface area contributed by atoms with Crippen molar-refractivity contribution >= 4 is 30.2 Å². The molecule has 0 unspecified atom stereocenters. The fraction of sp³-hybridized carbons (Fsp3) is 0.560. The summed E-state index contributed by atoms with van der Waals surface area (Å²) in [5.74, 6) is -2.02. The summed E-state index contributed by atoms with van der Waals surface area (Å²) in [5.41, 5.74) is -2.87. The Hall–Kier alpha value is -3.83. The molecular weight excluding hydrogens is 492 g/mol. The number of hydrogen-bond donors (Lipinski definition) is 0. The molecule has 0 bridgehead atoms. The summed E-state index contributed by atoms with van der Waals surface area (Å²) >= 11 is 0. The van der Waals surface area contributed by atoms with Crippen LogP contribution in [0.15, 0.2) is 30.3 Å². The molecule has 3 rings (SSSR count). The van der Waals surface area contributed by atoms with Crippen molar-refractivity contribution in [2.24, 2.45) is 16.2 Å². The first-order valence-electron chi connectivity index (χ1n) is 11.6. The molecule has 0 radical (unpaired) electrons. The third-order valence-corrected chi connectivity index (χ3v) is 5.94. The predicted octanol–water partition coefficient (Wildman–Crippen LogP) is 2.56. The maximum atomic E-state index is 12.8. The third kappa shape index (κ3) is 7.58. The van der Waals surface area contributed by atoms with E-state index in [0.29, 0.717) is 0 Å². The summed E-state index contributed by atoms with van der Waals surface area (Å²) in [5, 5.41) is 0. The van der Waals surface area contributed by atoms with E-state index in [9.17, 15) is 24.0 Å². The molecule has 0 amide bonds. The molecule has 12 heteroatoms. The quantitative estimate of drug-likeness (QED) is 0.328. The van der Waals surface area contributed by atoms with Crippen LogP contribution in [0.5, 0.6) is 0 Å². The number of ether oxygens (including phenoxy) is 7. The monoisotopic (exact) mass is 522 g/mol. The van der Waals surface area contributed by atoms with Gasteiger partial charge in [0.2, 0.25) is 0 Å². The molecule has 202 valence electrons. The molecule has 12 nitrogen and oxygen atoms in total. The van der Waals surface area contributed by atoms with Gasteiger partial charge in [-0.15, -0.1) is 0 Å². The van der Waals surface area contributed by atoms with Gasteiger partial charge in [-0.05, 0) is 19.4 Å².